The summed E-state index contributed by atoms with van der Waals surface area (Å²) in [5.41, 5.74) is 2.25. The number of hydrogen-bond acceptors (Lipinski definition) is 2. The molecule has 2 amide bonds. The lowest BCUT2D eigenvalue weighted by Crippen LogP contribution is -2.37. The van der Waals surface area contributed by atoms with Crippen LogP contribution in [0.25, 0.3) is 10.8 Å². The summed E-state index contributed by atoms with van der Waals surface area (Å²) in [4.78, 5) is 24.3. The number of benzene rings is 2. The highest BCUT2D eigenvalue weighted by molar-refractivity contribution is 9.09. The number of hydrogen-bond donors (Lipinski definition) is 1. The minimum absolute atomic E-state index is 0.264. The van der Waals surface area contributed by atoms with E-state index in [4.69, 9.17) is 0 Å². The van der Waals surface area contributed by atoms with Gasteiger partial charge in [-0.2, -0.15) is 0 Å². The van der Waals surface area contributed by atoms with Gasteiger partial charge in [-0.3, -0.25) is 14.9 Å². The topological polar surface area (TPSA) is 46.2 Å². The highest BCUT2D eigenvalue weighted by Crippen LogP contribution is 2.30. The lowest BCUT2D eigenvalue weighted by atomic mass is 9.87. The van der Waals surface area contributed by atoms with E-state index < -0.39 is 0 Å². The number of carbonyl (C=O) groups is 2. The second-order valence-electron chi connectivity index (χ2n) is 5.28. The van der Waals surface area contributed by atoms with Crippen molar-refractivity contribution in [1.29, 1.82) is 0 Å². The molecule has 0 atom stereocenters. The number of rotatable bonds is 5. The second kappa shape index (κ2) is 5.98. The average Bonchev–Trinajstić information content (AvgIpc) is 2.48. The third-order valence-corrected chi connectivity index (χ3v) is 4.48. The molecule has 0 fully saturated rings. The monoisotopic (exact) mass is 345 g/mol. The predicted octanol–water partition coefficient (Wildman–Crippen LogP) is 3.83. The minimum Gasteiger partial charge on any atom is -0.288 e. The van der Waals surface area contributed by atoms with Gasteiger partial charge in [-0.05, 0) is 41.7 Å². The Morgan fingerprint density at radius 3 is 2.62 bits per heavy atom. The molecule has 0 radical (unpaired) electrons. The number of carbonyl (C=O) groups excluding carboxylic acids is 2. The fraction of sp³-hybridized carbons (Fsp3) is 0.294. The predicted molar refractivity (Wildman–Crippen MR) is 87.1 cm³/mol. The van der Waals surface area contributed by atoms with Crippen LogP contribution in [0.3, 0.4) is 0 Å². The molecule has 1 aliphatic rings. The van der Waals surface area contributed by atoms with Crippen molar-refractivity contribution in [2.45, 2.75) is 25.7 Å². The Balaban J connectivity index is 2.08. The van der Waals surface area contributed by atoms with Gasteiger partial charge in [-0.15, -0.1) is 0 Å². The Morgan fingerprint density at radius 2 is 1.81 bits per heavy atom. The molecule has 0 unspecified atom stereocenters. The first-order valence-electron chi connectivity index (χ1n) is 7.18. The van der Waals surface area contributed by atoms with Gasteiger partial charge in [0.05, 0.1) is 5.56 Å². The van der Waals surface area contributed by atoms with E-state index in [0.717, 1.165) is 47.3 Å². The van der Waals surface area contributed by atoms with Crippen LogP contribution in [0, 0.1) is 0 Å². The fourth-order valence-electron chi connectivity index (χ4n) is 2.92. The molecule has 1 heterocycles. The van der Waals surface area contributed by atoms with E-state index in [1.54, 1.807) is 0 Å². The molecule has 0 saturated carbocycles. The zero-order chi connectivity index (χ0) is 14.8. The number of halogens is 1. The normalized spacial score (nSPS) is 13.6. The van der Waals surface area contributed by atoms with Gasteiger partial charge in [-0.25, -0.2) is 0 Å². The van der Waals surface area contributed by atoms with E-state index in [1.807, 2.05) is 30.3 Å². The molecule has 0 aromatic heterocycles. The molecule has 2 bridgehead atoms. The summed E-state index contributed by atoms with van der Waals surface area (Å²) >= 11 is 3.42. The molecular weight excluding hydrogens is 330 g/mol. The molecule has 2 aromatic rings. The molecule has 2 aromatic carbocycles. The van der Waals surface area contributed by atoms with E-state index in [1.165, 1.54) is 0 Å². The third kappa shape index (κ3) is 2.60. The summed E-state index contributed by atoms with van der Waals surface area (Å²) in [5.74, 6) is -0.534. The first kappa shape index (κ1) is 14.3. The number of nitrogens with one attached hydrogen (secondary N) is 1. The molecule has 4 heteroatoms. The van der Waals surface area contributed by atoms with Gasteiger partial charge >= 0.3 is 0 Å². The van der Waals surface area contributed by atoms with Gasteiger partial charge < -0.3 is 0 Å². The molecule has 0 aliphatic carbocycles. The van der Waals surface area contributed by atoms with Crippen LogP contribution in [0.5, 0.6) is 0 Å². The van der Waals surface area contributed by atoms with Crippen molar-refractivity contribution >= 4 is 38.5 Å². The Morgan fingerprint density at radius 1 is 1.00 bits per heavy atom. The average molecular weight is 346 g/mol. The molecule has 0 spiro atoms. The lowest BCUT2D eigenvalue weighted by molar-refractivity contribution is 0.0840. The number of imide groups is 1. The zero-order valence-electron chi connectivity index (χ0n) is 11.6. The third-order valence-electron chi connectivity index (χ3n) is 3.92. The molecule has 21 heavy (non-hydrogen) atoms. The van der Waals surface area contributed by atoms with Gasteiger partial charge in [0.1, 0.15) is 0 Å². The van der Waals surface area contributed by atoms with Crippen LogP contribution in [0.1, 0.15) is 45.5 Å². The van der Waals surface area contributed by atoms with Crippen LogP contribution in [0.2, 0.25) is 0 Å². The van der Waals surface area contributed by atoms with Crippen LogP contribution in [0.15, 0.2) is 30.3 Å². The summed E-state index contributed by atoms with van der Waals surface area (Å²) in [5, 5.41) is 5.32. The number of alkyl halides is 1. The van der Waals surface area contributed by atoms with E-state index in [0.29, 0.717) is 11.1 Å². The number of fused-ring (bicyclic) bond motifs is 4. The first-order chi connectivity index (χ1) is 10.2. The molecular formula is C17H16BrNO2. The maximum atomic E-state index is 12.3. The van der Waals surface area contributed by atoms with Gasteiger partial charge in [0.25, 0.3) is 11.8 Å². The van der Waals surface area contributed by atoms with Crippen LogP contribution in [0.4, 0.5) is 0 Å². The van der Waals surface area contributed by atoms with Crippen LogP contribution in [-0.4, -0.2) is 17.1 Å². The van der Waals surface area contributed by atoms with Gasteiger partial charge in [-0.1, -0.05) is 46.6 Å². The summed E-state index contributed by atoms with van der Waals surface area (Å²) in [6.45, 7) is 0. The lowest BCUT2D eigenvalue weighted by Gasteiger charge is -2.21. The Bertz CT molecular complexity index is 724. The smallest absolute Gasteiger partial charge is 0.259 e. The van der Waals surface area contributed by atoms with Crippen molar-refractivity contribution in [3.05, 3.63) is 47.0 Å². The maximum Gasteiger partial charge on any atom is 0.259 e. The SMILES string of the molecule is O=C1NC(=O)c2c(CCCCCBr)c1cc1ccccc21. The summed E-state index contributed by atoms with van der Waals surface area (Å²) in [6, 6.07) is 9.65. The van der Waals surface area contributed by atoms with Gasteiger partial charge in [0, 0.05) is 10.9 Å². The Kier molecular flexibility index (Phi) is 4.06. The standard InChI is InChI=1S/C17H16BrNO2/c18-9-5-1-2-8-13-14-10-11-6-3-4-7-12(11)15(13)17(21)19-16(14)20/h3-4,6-7,10H,1-2,5,8-9H2,(H,19,20,21). The second-order valence-corrected chi connectivity index (χ2v) is 6.07. The van der Waals surface area contributed by atoms with Crippen molar-refractivity contribution < 1.29 is 9.59 Å². The van der Waals surface area contributed by atoms with Crippen molar-refractivity contribution in [3.8, 4) is 0 Å². The largest absolute Gasteiger partial charge is 0.288 e. The quantitative estimate of drug-likeness (QED) is 0.508. The van der Waals surface area contributed by atoms with E-state index in [-0.39, 0.29) is 11.8 Å². The fourth-order valence-corrected chi connectivity index (χ4v) is 3.31. The number of unbranched alkanes of at least 4 members (excludes halogenated alkanes) is 2. The Hall–Kier alpha value is -1.68. The molecule has 1 aliphatic heterocycles. The zero-order valence-corrected chi connectivity index (χ0v) is 13.2. The Labute approximate surface area is 131 Å². The maximum absolute atomic E-state index is 12.3. The molecule has 3 nitrogen and oxygen atoms in total. The van der Waals surface area contributed by atoms with Gasteiger partial charge in [0.2, 0.25) is 0 Å². The molecule has 3 rings (SSSR count). The summed E-state index contributed by atoms with van der Waals surface area (Å²) in [7, 11) is 0. The van der Waals surface area contributed by atoms with Crippen molar-refractivity contribution in [2.24, 2.45) is 0 Å². The summed E-state index contributed by atoms with van der Waals surface area (Å²) < 4.78 is 0. The van der Waals surface area contributed by atoms with Crippen molar-refractivity contribution in [3.63, 3.8) is 0 Å². The minimum atomic E-state index is -0.270. The first-order valence-corrected chi connectivity index (χ1v) is 8.31. The highest BCUT2D eigenvalue weighted by atomic mass is 79.9. The molecule has 1 N–H and O–H groups in total. The van der Waals surface area contributed by atoms with E-state index in [2.05, 4.69) is 21.2 Å². The van der Waals surface area contributed by atoms with E-state index in [9.17, 15) is 9.59 Å². The molecule has 108 valence electrons. The highest BCUT2D eigenvalue weighted by Gasteiger charge is 2.28. The van der Waals surface area contributed by atoms with Crippen LogP contribution < -0.4 is 5.32 Å². The van der Waals surface area contributed by atoms with Crippen LogP contribution in [-0.2, 0) is 6.42 Å². The summed E-state index contributed by atoms with van der Waals surface area (Å²) in [6.07, 6.45) is 3.97. The van der Waals surface area contributed by atoms with Crippen molar-refractivity contribution in [2.75, 3.05) is 5.33 Å². The van der Waals surface area contributed by atoms with Crippen molar-refractivity contribution in [1.82, 2.24) is 5.32 Å². The molecule has 0 saturated heterocycles. The number of amides is 2. The van der Waals surface area contributed by atoms with Gasteiger partial charge in [0.15, 0.2) is 0 Å². The van der Waals surface area contributed by atoms with E-state index >= 15 is 0 Å². The van der Waals surface area contributed by atoms with Crippen LogP contribution >= 0.6 is 15.9 Å².